The lowest BCUT2D eigenvalue weighted by molar-refractivity contribution is -0.136. The number of hydrogen-bond acceptors (Lipinski definition) is 13. The maximum Gasteiger partial charge on any atom is 0.242 e. The highest BCUT2D eigenvalue weighted by molar-refractivity contribution is 5.91. The van der Waals surface area contributed by atoms with E-state index in [4.69, 9.17) is 0 Å². The third-order valence-electron chi connectivity index (χ3n) is 10.1. The maximum absolute atomic E-state index is 12.7. The van der Waals surface area contributed by atoms with Crippen molar-refractivity contribution in [1.82, 2.24) is 68.7 Å². The SMILES string of the molecule is CCCCCCCCCCCCCCCC(=O)NCCNCC(=O)NCCNCCNCCNCC(=O)NCC(=O)N(CCC)CC(=O)NCC(=O)NCC(=O)NCCNCCNCC. The molecule has 0 fully saturated rings. The lowest BCUT2D eigenvalue weighted by Gasteiger charge is -2.21. The zero-order valence-electron chi connectivity index (χ0n) is 40.6. The summed E-state index contributed by atoms with van der Waals surface area (Å²) in [6.45, 7) is 13.8. The van der Waals surface area contributed by atoms with Crippen molar-refractivity contribution in [3.63, 3.8) is 0 Å². The topological polar surface area (TPSA) is 267 Å². The molecule has 0 bridgehead atoms. The van der Waals surface area contributed by atoms with Crippen molar-refractivity contribution in [3.05, 3.63) is 0 Å². The molecule has 0 atom stereocenters. The number of likely N-dealkylation sites (N-methyl/N-ethyl adjacent to an activating group) is 1. The van der Waals surface area contributed by atoms with E-state index in [2.05, 4.69) is 70.7 Å². The number of unbranched alkanes of at least 4 members (excludes halogenated alkanes) is 12. The smallest absolute Gasteiger partial charge is 0.242 e. The third kappa shape index (κ3) is 43.7. The van der Waals surface area contributed by atoms with E-state index < -0.39 is 17.7 Å². The van der Waals surface area contributed by atoms with Gasteiger partial charge in [-0.1, -0.05) is 97.8 Å². The summed E-state index contributed by atoms with van der Waals surface area (Å²) in [4.78, 5) is 86.9. The average molecular weight is 926 g/mol. The molecule has 0 aliphatic rings. The second kappa shape index (κ2) is 46.6. The quantitative estimate of drug-likeness (QED) is 0.0326. The Kier molecular flexibility index (Phi) is 43.7. The van der Waals surface area contributed by atoms with Gasteiger partial charge in [-0.25, -0.2) is 0 Å². The van der Waals surface area contributed by atoms with Gasteiger partial charge < -0.3 is 68.7 Å². The van der Waals surface area contributed by atoms with Crippen LogP contribution in [0, 0.1) is 0 Å². The number of hydrogen-bond donors (Lipinski definition) is 12. The molecule has 0 aliphatic carbocycles. The highest BCUT2D eigenvalue weighted by Crippen LogP contribution is 2.13. The van der Waals surface area contributed by atoms with Gasteiger partial charge in [0, 0.05) is 91.5 Å². The van der Waals surface area contributed by atoms with Crippen LogP contribution in [0.1, 0.15) is 117 Å². The number of carbonyl (C=O) groups is 7. The Morgan fingerprint density at radius 3 is 1.20 bits per heavy atom. The molecule has 20 nitrogen and oxygen atoms in total. The first-order valence-electron chi connectivity index (χ1n) is 24.7. The molecule has 0 unspecified atom stereocenters. The van der Waals surface area contributed by atoms with Gasteiger partial charge in [-0.05, 0) is 19.4 Å². The van der Waals surface area contributed by atoms with Gasteiger partial charge in [-0.2, -0.15) is 0 Å². The average Bonchev–Trinajstić information content (AvgIpc) is 3.29. The molecule has 0 aromatic rings. The fourth-order valence-electron chi connectivity index (χ4n) is 6.43. The summed E-state index contributed by atoms with van der Waals surface area (Å²) in [7, 11) is 0. The summed E-state index contributed by atoms with van der Waals surface area (Å²) in [6.07, 6.45) is 17.8. The van der Waals surface area contributed by atoms with Crippen LogP contribution in [-0.4, -0.2) is 177 Å². The highest BCUT2D eigenvalue weighted by atomic mass is 16.2. The third-order valence-corrected chi connectivity index (χ3v) is 10.1. The number of carbonyl (C=O) groups excluding carboxylic acids is 7. The second-order valence-corrected chi connectivity index (χ2v) is 16.1. The van der Waals surface area contributed by atoms with Crippen molar-refractivity contribution in [1.29, 1.82) is 0 Å². The summed E-state index contributed by atoms with van der Waals surface area (Å²) in [5.41, 5.74) is 0. The molecule has 20 heteroatoms. The molecule has 0 radical (unpaired) electrons. The monoisotopic (exact) mass is 926 g/mol. The van der Waals surface area contributed by atoms with Gasteiger partial charge in [0.1, 0.15) is 0 Å². The van der Waals surface area contributed by atoms with Crippen LogP contribution in [0.5, 0.6) is 0 Å². The minimum Gasteiger partial charge on any atom is -0.355 e. The summed E-state index contributed by atoms with van der Waals surface area (Å²) < 4.78 is 0. The van der Waals surface area contributed by atoms with E-state index in [9.17, 15) is 33.6 Å². The number of amides is 7. The van der Waals surface area contributed by atoms with Crippen LogP contribution in [-0.2, 0) is 33.6 Å². The molecular weight excluding hydrogens is 835 g/mol. The van der Waals surface area contributed by atoms with E-state index in [0.717, 1.165) is 32.5 Å². The predicted octanol–water partition coefficient (Wildman–Crippen LogP) is -1.04. The number of rotatable bonds is 47. The van der Waals surface area contributed by atoms with Gasteiger partial charge in [0.15, 0.2) is 0 Å². The van der Waals surface area contributed by atoms with E-state index in [1.54, 1.807) is 0 Å². The normalized spacial score (nSPS) is 10.9. The van der Waals surface area contributed by atoms with Crippen molar-refractivity contribution in [2.45, 2.75) is 117 Å². The number of nitrogens with one attached hydrogen (secondary N) is 12. The lowest BCUT2D eigenvalue weighted by Crippen LogP contribution is -2.48. The molecule has 0 rings (SSSR count). The van der Waals surface area contributed by atoms with Crippen LogP contribution in [0.25, 0.3) is 0 Å². The van der Waals surface area contributed by atoms with Crippen LogP contribution >= 0.6 is 0 Å². The fourth-order valence-corrected chi connectivity index (χ4v) is 6.43. The summed E-state index contributed by atoms with van der Waals surface area (Å²) in [5.74, 6) is -2.23. The van der Waals surface area contributed by atoms with Crippen LogP contribution in [0.3, 0.4) is 0 Å². The lowest BCUT2D eigenvalue weighted by atomic mass is 10.0. The molecule has 0 aliphatic heterocycles. The van der Waals surface area contributed by atoms with Gasteiger partial charge >= 0.3 is 0 Å². The van der Waals surface area contributed by atoms with E-state index in [1.807, 2.05) is 13.8 Å². The Labute approximate surface area is 390 Å². The molecule has 0 aromatic carbocycles. The Balaban J connectivity index is 3.75. The van der Waals surface area contributed by atoms with Crippen molar-refractivity contribution in [2.24, 2.45) is 0 Å². The summed E-state index contributed by atoms with van der Waals surface area (Å²) >= 11 is 0. The molecule has 12 N–H and O–H groups in total. The summed E-state index contributed by atoms with van der Waals surface area (Å²) in [6, 6.07) is 0. The van der Waals surface area contributed by atoms with Crippen molar-refractivity contribution < 1.29 is 33.6 Å². The molecular formula is C45H91N13O7. The van der Waals surface area contributed by atoms with E-state index in [1.165, 1.54) is 75.5 Å². The first-order chi connectivity index (χ1) is 31.6. The fraction of sp³-hybridized carbons (Fsp3) is 0.844. The van der Waals surface area contributed by atoms with Gasteiger partial charge in [0.25, 0.3) is 0 Å². The number of nitrogens with zero attached hydrogens (tertiary/aromatic N) is 1. The molecule has 65 heavy (non-hydrogen) atoms. The Morgan fingerprint density at radius 2 is 0.692 bits per heavy atom. The van der Waals surface area contributed by atoms with Gasteiger partial charge in [0.2, 0.25) is 41.4 Å². The first-order valence-corrected chi connectivity index (χ1v) is 24.7. The summed E-state index contributed by atoms with van der Waals surface area (Å²) in [5, 5.41) is 34.9. The van der Waals surface area contributed by atoms with Gasteiger partial charge in [-0.15, -0.1) is 0 Å². The van der Waals surface area contributed by atoms with E-state index >= 15 is 0 Å². The standard InChI is InChI=1S/C45H91N13O7/c1-4-7-8-9-10-11-12-13-14-15-16-17-18-19-39(59)52-31-28-51-33-40(60)53-29-26-49-23-22-47-24-25-50-34-41(61)57-37-45(65)58(32-5-2)38-44(64)56-36-43(63)55-35-42(62)54-30-27-48-21-20-46-6-3/h46-51H,4-38H2,1-3H3,(H,52,59)(H,53,60)(H,54,62)(H,55,63)(H,56,64)(H,57,61). The minimum absolute atomic E-state index is 0.0188. The van der Waals surface area contributed by atoms with Gasteiger partial charge in [0.05, 0.1) is 39.3 Å². The van der Waals surface area contributed by atoms with E-state index in [0.29, 0.717) is 84.8 Å². The van der Waals surface area contributed by atoms with Crippen LogP contribution in [0.15, 0.2) is 0 Å². The van der Waals surface area contributed by atoms with Crippen LogP contribution in [0.2, 0.25) is 0 Å². The van der Waals surface area contributed by atoms with Gasteiger partial charge in [-0.3, -0.25) is 33.6 Å². The van der Waals surface area contributed by atoms with Crippen LogP contribution < -0.4 is 63.8 Å². The predicted molar refractivity (Wildman–Crippen MR) is 258 cm³/mol. The van der Waals surface area contributed by atoms with Crippen molar-refractivity contribution >= 4 is 41.4 Å². The van der Waals surface area contributed by atoms with E-state index in [-0.39, 0.29) is 62.9 Å². The van der Waals surface area contributed by atoms with Crippen molar-refractivity contribution in [3.8, 4) is 0 Å². The molecule has 7 amide bonds. The maximum atomic E-state index is 12.7. The largest absolute Gasteiger partial charge is 0.355 e. The molecule has 0 aromatic heterocycles. The minimum atomic E-state index is -0.537. The molecule has 0 spiro atoms. The Hall–Kier alpha value is -3.95. The van der Waals surface area contributed by atoms with Crippen molar-refractivity contribution in [2.75, 3.05) is 131 Å². The molecule has 378 valence electrons. The molecule has 0 saturated heterocycles. The molecule has 0 heterocycles. The Bertz CT molecular complexity index is 1250. The first kappa shape index (κ1) is 61.0. The zero-order chi connectivity index (χ0) is 47.9. The highest BCUT2D eigenvalue weighted by Gasteiger charge is 2.18. The zero-order valence-corrected chi connectivity index (χ0v) is 40.6. The second-order valence-electron chi connectivity index (χ2n) is 16.1. The molecule has 0 saturated carbocycles. The van der Waals surface area contributed by atoms with Crippen LogP contribution in [0.4, 0.5) is 0 Å². The Morgan fingerprint density at radius 1 is 0.323 bits per heavy atom.